The topological polar surface area (TPSA) is 62.7 Å². The van der Waals surface area contributed by atoms with E-state index in [2.05, 4.69) is 0 Å². The lowest BCUT2D eigenvalue weighted by atomic mass is 10.0. The van der Waals surface area contributed by atoms with Gasteiger partial charge in [0.15, 0.2) is 0 Å². The Balaban J connectivity index is 0. The zero-order valence-electron chi connectivity index (χ0n) is 9.75. The van der Waals surface area contributed by atoms with Gasteiger partial charge in [-0.3, -0.25) is 0 Å². The molecule has 1 saturated carbocycles. The van der Waals surface area contributed by atoms with E-state index in [1.165, 1.54) is 38.5 Å². The van der Waals surface area contributed by atoms with Crippen molar-refractivity contribution in [3.05, 3.63) is 0 Å². The summed E-state index contributed by atoms with van der Waals surface area (Å²) >= 11 is 0. The van der Waals surface area contributed by atoms with Crippen molar-refractivity contribution in [2.24, 2.45) is 0 Å². The molecule has 0 radical (unpaired) electrons. The molecule has 0 amide bonds. The first-order chi connectivity index (χ1) is 6.35. The SMILES string of the molecule is C1CCCCC1.CO[SiH](OC)OC.N. The molecule has 14 heavy (non-hydrogen) atoms. The fourth-order valence-electron chi connectivity index (χ4n) is 1.35. The molecule has 1 aliphatic rings. The number of hydrogen-bond donors (Lipinski definition) is 1. The quantitative estimate of drug-likeness (QED) is 0.745. The van der Waals surface area contributed by atoms with Crippen molar-refractivity contribution < 1.29 is 13.3 Å². The van der Waals surface area contributed by atoms with Crippen LogP contribution in [0, 0.1) is 0 Å². The third kappa shape index (κ3) is 10.1. The van der Waals surface area contributed by atoms with Gasteiger partial charge < -0.3 is 19.4 Å². The van der Waals surface area contributed by atoms with Gasteiger partial charge in [-0.1, -0.05) is 38.5 Å². The minimum atomic E-state index is -1.67. The van der Waals surface area contributed by atoms with E-state index in [4.69, 9.17) is 13.3 Å². The van der Waals surface area contributed by atoms with Crippen LogP contribution in [-0.4, -0.2) is 30.9 Å². The molecule has 0 aliphatic heterocycles. The predicted molar refractivity (Wildman–Crippen MR) is 60.9 cm³/mol. The summed E-state index contributed by atoms with van der Waals surface area (Å²) in [5.41, 5.74) is 0. The smallest absolute Gasteiger partial charge is 0.379 e. The summed E-state index contributed by atoms with van der Waals surface area (Å²) in [6, 6.07) is 0. The zero-order chi connectivity index (χ0) is 9.94. The first-order valence-corrected chi connectivity index (χ1v) is 6.35. The van der Waals surface area contributed by atoms with Gasteiger partial charge in [0.05, 0.1) is 0 Å². The van der Waals surface area contributed by atoms with Crippen molar-refractivity contribution in [2.75, 3.05) is 21.3 Å². The average molecular weight is 223 g/mol. The molecule has 88 valence electrons. The van der Waals surface area contributed by atoms with Gasteiger partial charge in [-0.2, -0.15) is 0 Å². The van der Waals surface area contributed by atoms with E-state index in [1.807, 2.05) is 0 Å². The molecule has 5 heteroatoms. The Kier molecular flexibility index (Phi) is 15.4. The van der Waals surface area contributed by atoms with Crippen LogP contribution in [0.2, 0.25) is 0 Å². The molecule has 0 saturated heterocycles. The number of hydrogen-bond acceptors (Lipinski definition) is 4. The van der Waals surface area contributed by atoms with Crippen LogP contribution in [0.4, 0.5) is 0 Å². The fraction of sp³-hybridized carbons (Fsp3) is 1.00. The van der Waals surface area contributed by atoms with Crippen LogP contribution in [0.1, 0.15) is 38.5 Å². The summed E-state index contributed by atoms with van der Waals surface area (Å²) < 4.78 is 14.2. The molecule has 3 N–H and O–H groups in total. The molecule has 4 nitrogen and oxygen atoms in total. The van der Waals surface area contributed by atoms with Gasteiger partial charge >= 0.3 is 9.53 Å². The molecule has 0 aromatic heterocycles. The Morgan fingerprint density at radius 2 is 0.857 bits per heavy atom. The second kappa shape index (κ2) is 13.1. The Hall–Kier alpha value is 0.0569. The van der Waals surface area contributed by atoms with Gasteiger partial charge in [0, 0.05) is 21.3 Å². The molecule has 1 rings (SSSR count). The molecular weight excluding hydrogens is 198 g/mol. The van der Waals surface area contributed by atoms with Crippen LogP contribution in [0.25, 0.3) is 0 Å². The van der Waals surface area contributed by atoms with Gasteiger partial charge in [0.25, 0.3) is 0 Å². The van der Waals surface area contributed by atoms with Gasteiger partial charge in [0.2, 0.25) is 0 Å². The summed E-state index contributed by atoms with van der Waals surface area (Å²) in [7, 11) is 3.05. The highest BCUT2D eigenvalue weighted by Gasteiger charge is 2.04. The van der Waals surface area contributed by atoms with Crippen LogP contribution >= 0.6 is 0 Å². The summed E-state index contributed by atoms with van der Waals surface area (Å²) in [5, 5.41) is 0. The largest absolute Gasteiger partial charge is 0.483 e. The molecule has 1 fully saturated rings. The summed E-state index contributed by atoms with van der Waals surface area (Å²) in [6.45, 7) is 0. The molecular formula is C9H25NO3Si. The van der Waals surface area contributed by atoms with E-state index in [-0.39, 0.29) is 6.15 Å². The monoisotopic (exact) mass is 223 g/mol. The van der Waals surface area contributed by atoms with Crippen LogP contribution in [0.3, 0.4) is 0 Å². The highest BCUT2D eigenvalue weighted by atomic mass is 28.3. The molecule has 0 atom stereocenters. The summed E-state index contributed by atoms with van der Waals surface area (Å²) in [6.07, 6.45) is 9.00. The van der Waals surface area contributed by atoms with Gasteiger partial charge in [-0.05, 0) is 0 Å². The van der Waals surface area contributed by atoms with Crippen LogP contribution in [0.15, 0.2) is 0 Å². The van der Waals surface area contributed by atoms with E-state index in [0.717, 1.165) is 0 Å². The Morgan fingerprint density at radius 3 is 0.929 bits per heavy atom. The van der Waals surface area contributed by atoms with Crippen molar-refractivity contribution in [3.8, 4) is 0 Å². The molecule has 0 spiro atoms. The van der Waals surface area contributed by atoms with E-state index in [0.29, 0.717) is 0 Å². The normalized spacial score (nSPS) is 15.4. The Morgan fingerprint density at radius 1 is 0.643 bits per heavy atom. The molecule has 1 aliphatic carbocycles. The second-order valence-corrected chi connectivity index (χ2v) is 5.11. The van der Waals surface area contributed by atoms with Crippen molar-refractivity contribution in [1.29, 1.82) is 0 Å². The maximum atomic E-state index is 4.74. The Labute approximate surface area is 89.5 Å². The standard InChI is InChI=1S/C6H12.C3H10O3Si.H3N/c1-2-4-6-5-3-1;1-4-7(5-2)6-3;/h1-6H2;7H,1-3H3;1H3. The molecule has 0 bridgehead atoms. The van der Waals surface area contributed by atoms with E-state index >= 15 is 0 Å². The molecule has 0 aromatic carbocycles. The Bertz CT molecular complexity index is 81.0. The lowest BCUT2D eigenvalue weighted by molar-refractivity contribution is 0.163. The van der Waals surface area contributed by atoms with Crippen molar-refractivity contribution in [3.63, 3.8) is 0 Å². The fourth-order valence-corrected chi connectivity index (χ4v) is 1.93. The molecule has 0 unspecified atom stereocenters. The molecule has 0 aromatic rings. The van der Waals surface area contributed by atoms with Crippen molar-refractivity contribution >= 4 is 9.53 Å². The van der Waals surface area contributed by atoms with Gasteiger partial charge in [-0.15, -0.1) is 0 Å². The maximum absolute atomic E-state index is 4.74. The minimum absolute atomic E-state index is 0. The highest BCUT2D eigenvalue weighted by Crippen LogP contribution is 2.15. The lowest BCUT2D eigenvalue weighted by Gasteiger charge is -2.05. The maximum Gasteiger partial charge on any atom is 0.483 e. The number of rotatable bonds is 3. The highest BCUT2D eigenvalue weighted by molar-refractivity contribution is 6.36. The van der Waals surface area contributed by atoms with Crippen molar-refractivity contribution in [1.82, 2.24) is 6.15 Å². The van der Waals surface area contributed by atoms with Crippen LogP contribution < -0.4 is 6.15 Å². The summed E-state index contributed by atoms with van der Waals surface area (Å²) in [4.78, 5) is 0. The van der Waals surface area contributed by atoms with Crippen LogP contribution in [0.5, 0.6) is 0 Å². The first kappa shape index (κ1) is 16.5. The summed E-state index contributed by atoms with van der Waals surface area (Å²) in [5.74, 6) is 0. The van der Waals surface area contributed by atoms with Crippen LogP contribution in [-0.2, 0) is 13.3 Å². The second-order valence-electron chi connectivity index (χ2n) is 3.12. The third-order valence-corrected chi connectivity index (χ3v) is 3.23. The van der Waals surface area contributed by atoms with Crippen molar-refractivity contribution in [2.45, 2.75) is 38.5 Å². The first-order valence-electron chi connectivity index (χ1n) is 4.93. The minimum Gasteiger partial charge on any atom is -0.379 e. The van der Waals surface area contributed by atoms with E-state index in [1.54, 1.807) is 21.3 Å². The van der Waals surface area contributed by atoms with E-state index < -0.39 is 9.53 Å². The van der Waals surface area contributed by atoms with E-state index in [9.17, 15) is 0 Å². The third-order valence-electron chi connectivity index (χ3n) is 2.08. The average Bonchev–Trinajstić information content (AvgIpc) is 2.24. The lowest BCUT2D eigenvalue weighted by Crippen LogP contribution is -2.21. The molecule has 0 heterocycles. The predicted octanol–water partition coefficient (Wildman–Crippen LogP) is 2.15. The van der Waals surface area contributed by atoms with Gasteiger partial charge in [0.1, 0.15) is 0 Å². The zero-order valence-corrected chi connectivity index (χ0v) is 10.9. The van der Waals surface area contributed by atoms with Gasteiger partial charge in [-0.25, -0.2) is 0 Å².